The molecule has 120 valence electrons. The zero-order valence-corrected chi connectivity index (χ0v) is 13.0. The number of para-hydroxylation sites is 1. The third kappa shape index (κ3) is 4.23. The van der Waals surface area contributed by atoms with Crippen LogP contribution in [0.1, 0.15) is 37.7 Å². The molecule has 0 unspecified atom stereocenters. The Bertz CT molecular complexity index is 529. The van der Waals surface area contributed by atoms with E-state index >= 15 is 0 Å². The number of ether oxygens (including phenoxy) is 1. The van der Waals surface area contributed by atoms with Gasteiger partial charge in [-0.3, -0.25) is 9.59 Å². The minimum absolute atomic E-state index is 0.0482. The largest absolute Gasteiger partial charge is 0.496 e. The zero-order valence-electron chi connectivity index (χ0n) is 13.0. The fourth-order valence-electron chi connectivity index (χ4n) is 3.03. The number of carbonyl (C=O) groups is 2. The Morgan fingerprint density at radius 2 is 2.09 bits per heavy atom. The third-order valence-corrected chi connectivity index (χ3v) is 4.17. The van der Waals surface area contributed by atoms with Gasteiger partial charge in [-0.1, -0.05) is 18.2 Å². The summed E-state index contributed by atoms with van der Waals surface area (Å²) < 4.78 is 5.29. The molecule has 1 aliphatic rings. The van der Waals surface area contributed by atoms with E-state index in [9.17, 15) is 9.59 Å². The van der Waals surface area contributed by atoms with E-state index < -0.39 is 5.97 Å². The van der Waals surface area contributed by atoms with Crippen molar-refractivity contribution in [3.63, 3.8) is 0 Å². The second-order valence-electron chi connectivity index (χ2n) is 5.66. The highest BCUT2D eigenvalue weighted by Crippen LogP contribution is 2.24. The quantitative estimate of drug-likeness (QED) is 0.877. The summed E-state index contributed by atoms with van der Waals surface area (Å²) in [5.74, 6) is -0.0303. The summed E-state index contributed by atoms with van der Waals surface area (Å²) in [4.78, 5) is 25.2. The van der Waals surface area contributed by atoms with Crippen LogP contribution >= 0.6 is 0 Å². The molecule has 2 rings (SSSR count). The van der Waals surface area contributed by atoms with Gasteiger partial charge < -0.3 is 14.7 Å². The molecule has 22 heavy (non-hydrogen) atoms. The number of carbonyl (C=O) groups excluding carboxylic acids is 1. The SMILES string of the molecule is COc1ccccc1CC(=O)N1CCCC[C@@H]1CCC(=O)O. The molecule has 0 spiro atoms. The molecule has 0 saturated carbocycles. The molecule has 0 radical (unpaired) electrons. The lowest BCUT2D eigenvalue weighted by atomic mass is 9.97. The van der Waals surface area contributed by atoms with E-state index in [-0.39, 0.29) is 18.4 Å². The Balaban J connectivity index is 2.03. The van der Waals surface area contributed by atoms with Crippen LogP contribution in [0.5, 0.6) is 5.75 Å². The number of rotatable bonds is 6. The number of nitrogens with zero attached hydrogens (tertiary/aromatic N) is 1. The summed E-state index contributed by atoms with van der Waals surface area (Å²) in [7, 11) is 1.60. The molecule has 1 N–H and O–H groups in total. The van der Waals surface area contributed by atoms with Crippen LogP contribution in [-0.2, 0) is 16.0 Å². The first-order valence-electron chi connectivity index (χ1n) is 7.75. The number of methoxy groups -OCH3 is 1. The van der Waals surface area contributed by atoms with Gasteiger partial charge in [0.1, 0.15) is 5.75 Å². The van der Waals surface area contributed by atoms with Gasteiger partial charge >= 0.3 is 5.97 Å². The summed E-state index contributed by atoms with van der Waals surface area (Å²) >= 11 is 0. The maximum absolute atomic E-state index is 12.6. The van der Waals surface area contributed by atoms with Gasteiger partial charge in [-0.25, -0.2) is 0 Å². The molecular weight excluding hydrogens is 282 g/mol. The van der Waals surface area contributed by atoms with Gasteiger partial charge in [-0.15, -0.1) is 0 Å². The van der Waals surface area contributed by atoms with Crippen molar-refractivity contribution in [2.75, 3.05) is 13.7 Å². The van der Waals surface area contributed by atoms with Crippen LogP contribution < -0.4 is 4.74 Å². The number of likely N-dealkylation sites (tertiary alicyclic amines) is 1. The Hall–Kier alpha value is -2.04. The van der Waals surface area contributed by atoms with Crippen molar-refractivity contribution in [1.29, 1.82) is 0 Å². The summed E-state index contributed by atoms with van der Waals surface area (Å²) in [5.41, 5.74) is 0.873. The lowest BCUT2D eigenvalue weighted by molar-refractivity contribution is -0.139. The third-order valence-electron chi connectivity index (χ3n) is 4.17. The molecule has 1 aliphatic heterocycles. The van der Waals surface area contributed by atoms with Crippen molar-refractivity contribution in [3.8, 4) is 5.75 Å². The molecule has 1 atom stereocenters. The van der Waals surface area contributed by atoms with Crippen molar-refractivity contribution in [1.82, 2.24) is 4.90 Å². The van der Waals surface area contributed by atoms with Crippen LogP contribution in [-0.4, -0.2) is 41.6 Å². The van der Waals surface area contributed by atoms with Gasteiger partial charge in [-0.2, -0.15) is 0 Å². The maximum atomic E-state index is 12.6. The summed E-state index contributed by atoms with van der Waals surface area (Å²) in [6.45, 7) is 0.721. The Kier molecular flexibility index (Phi) is 5.81. The molecule has 1 saturated heterocycles. The van der Waals surface area contributed by atoms with E-state index in [0.717, 1.165) is 37.1 Å². The van der Waals surface area contributed by atoms with E-state index in [1.807, 2.05) is 29.2 Å². The Labute approximate surface area is 130 Å². The summed E-state index contributed by atoms with van der Waals surface area (Å²) in [5, 5.41) is 8.85. The number of carboxylic acid groups (broad SMARTS) is 1. The average molecular weight is 305 g/mol. The molecule has 1 aromatic carbocycles. The molecule has 0 aliphatic carbocycles. The highest BCUT2D eigenvalue weighted by atomic mass is 16.5. The summed E-state index contributed by atoms with van der Waals surface area (Å²) in [6, 6.07) is 7.56. The van der Waals surface area contributed by atoms with Crippen LogP contribution in [0.15, 0.2) is 24.3 Å². The fourth-order valence-corrected chi connectivity index (χ4v) is 3.03. The van der Waals surface area contributed by atoms with Crippen molar-refractivity contribution in [2.24, 2.45) is 0 Å². The first-order chi connectivity index (χ1) is 10.6. The van der Waals surface area contributed by atoms with Gasteiger partial charge in [-0.05, 0) is 31.7 Å². The van der Waals surface area contributed by atoms with Gasteiger partial charge in [0.05, 0.1) is 13.5 Å². The highest BCUT2D eigenvalue weighted by molar-refractivity contribution is 5.80. The number of aliphatic carboxylic acids is 1. The second kappa shape index (κ2) is 7.82. The van der Waals surface area contributed by atoms with E-state index in [0.29, 0.717) is 12.8 Å². The number of amides is 1. The minimum Gasteiger partial charge on any atom is -0.496 e. The molecule has 1 aromatic rings. The van der Waals surface area contributed by atoms with E-state index in [1.54, 1.807) is 7.11 Å². The van der Waals surface area contributed by atoms with Crippen molar-refractivity contribution < 1.29 is 19.4 Å². The van der Waals surface area contributed by atoms with E-state index in [1.165, 1.54) is 0 Å². The molecule has 5 nitrogen and oxygen atoms in total. The molecule has 1 fully saturated rings. The lowest BCUT2D eigenvalue weighted by Gasteiger charge is -2.36. The van der Waals surface area contributed by atoms with E-state index in [2.05, 4.69) is 0 Å². The normalized spacial score (nSPS) is 18.0. The number of benzene rings is 1. The molecule has 0 bridgehead atoms. The van der Waals surface area contributed by atoms with Crippen LogP contribution in [0.25, 0.3) is 0 Å². The summed E-state index contributed by atoms with van der Waals surface area (Å²) in [6.07, 6.45) is 3.89. The average Bonchev–Trinajstić information content (AvgIpc) is 2.53. The zero-order chi connectivity index (χ0) is 15.9. The topological polar surface area (TPSA) is 66.8 Å². The number of hydrogen-bond acceptors (Lipinski definition) is 3. The predicted octanol–water partition coefficient (Wildman–Crippen LogP) is 2.48. The van der Waals surface area contributed by atoms with Crippen LogP contribution in [0.4, 0.5) is 0 Å². The van der Waals surface area contributed by atoms with Gasteiger partial charge in [0.2, 0.25) is 5.91 Å². The predicted molar refractivity (Wildman–Crippen MR) is 82.9 cm³/mol. The smallest absolute Gasteiger partial charge is 0.303 e. The van der Waals surface area contributed by atoms with Crippen LogP contribution in [0.2, 0.25) is 0 Å². The molecular formula is C17H23NO4. The molecule has 5 heteroatoms. The van der Waals surface area contributed by atoms with Gasteiger partial charge in [0.15, 0.2) is 0 Å². The molecule has 1 amide bonds. The number of hydrogen-bond donors (Lipinski definition) is 1. The second-order valence-corrected chi connectivity index (χ2v) is 5.66. The van der Waals surface area contributed by atoms with Crippen molar-refractivity contribution >= 4 is 11.9 Å². The van der Waals surface area contributed by atoms with Crippen molar-refractivity contribution in [2.45, 2.75) is 44.6 Å². The maximum Gasteiger partial charge on any atom is 0.303 e. The fraction of sp³-hybridized carbons (Fsp3) is 0.529. The molecule has 1 heterocycles. The lowest BCUT2D eigenvalue weighted by Crippen LogP contribution is -2.44. The highest BCUT2D eigenvalue weighted by Gasteiger charge is 2.27. The van der Waals surface area contributed by atoms with Gasteiger partial charge in [0.25, 0.3) is 0 Å². The first-order valence-corrected chi connectivity index (χ1v) is 7.75. The van der Waals surface area contributed by atoms with Gasteiger partial charge in [0, 0.05) is 24.6 Å². The number of piperidine rings is 1. The Morgan fingerprint density at radius 1 is 1.32 bits per heavy atom. The van der Waals surface area contributed by atoms with E-state index in [4.69, 9.17) is 9.84 Å². The molecule has 0 aromatic heterocycles. The Morgan fingerprint density at radius 3 is 2.82 bits per heavy atom. The van der Waals surface area contributed by atoms with Crippen molar-refractivity contribution in [3.05, 3.63) is 29.8 Å². The van der Waals surface area contributed by atoms with Crippen LogP contribution in [0.3, 0.4) is 0 Å². The van der Waals surface area contributed by atoms with Crippen LogP contribution in [0, 0.1) is 0 Å². The standard InChI is InChI=1S/C17H23NO4/c1-22-15-8-3-2-6-13(15)12-16(19)18-11-5-4-7-14(18)9-10-17(20)21/h2-3,6,8,14H,4-5,7,9-12H2,1H3,(H,20,21)/t14-/m1/s1. The minimum atomic E-state index is -0.803. The first kappa shape index (κ1) is 16.3. The number of carboxylic acids is 1. The monoisotopic (exact) mass is 305 g/mol.